The van der Waals surface area contributed by atoms with Gasteiger partial charge in [-0.2, -0.15) is 0 Å². The van der Waals surface area contributed by atoms with E-state index < -0.39 is 24.0 Å². The first-order valence-electron chi connectivity index (χ1n) is 6.47. The molecule has 1 aromatic carbocycles. The van der Waals surface area contributed by atoms with Crippen LogP contribution in [0.1, 0.15) is 17.3 Å². The highest BCUT2D eigenvalue weighted by Gasteiger charge is 2.35. The van der Waals surface area contributed by atoms with Gasteiger partial charge in [0, 0.05) is 11.3 Å². The third-order valence-electron chi connectivity index (χ3n) is 3.20. The molecule has 1 aliphatic rings. The number of aliphatic carboxylic acids is 1. The van der Waals surface area contributed by atoms with Gasteiger partial charge in [0.15, 0.2) is 0 Å². The van der Waals surface area contributed by atoms with Gasteiger partial charge in [-0.25, -0.2) is 0 Å². The second-order valence-corrected chi connectivity index (χ2v) is 5.72. The van der Waals surface area contributed by atoms with E-state index in [-0.39, 0.29) is 5.91 Å². The quantitative estimate of drug-likeness (QED) is 0.859. The van der Waals surface area contributed by atoms with Crippen molar-refractivity contribution in [2.45, 2.75) is 19.0 Å². The Kier molecular flexibility index (Phi) is 4.85. The fraction of sp³-hybridized carbons (Fsp3) is 0.357. The summed E-state index contributed by atoms with van der Waals surface area (Å²) in [4.78, 5) is 36.8. The third kappa shape index (κ3) is 3.55. The van der Waals surface area contributed by atoms with Crippen molar-refractivity contribution in [2.24, 2.45) is 0 Å². The number of carboxylic acids is 1. The minimum Gasteiger partial charge on any atom is -0.480 e. The van der Waals surface area contributed by atoms with Crippen molar-refractivity contribution >= 4 is 29.5 Å². The number of carbonyl (C=O) groups is 3. The van der Waals surface area contributed by atoms with Gasteiger partial charge in [0.05, 0.1) is 5.88 Å². The van der Waals surface area contributed by atoms with Crippen LogP contribution in [0.4, 0.5) is 0 Å². The zero-order chi connectivity index (χ0) is 15.4. The molecule has 0 bridgehead atoms. The number of thioether (sulfide) groups is 1. The first kappa shape index (κ1) is 15.4. The largest absolute Gasteiger partial charge is 0.480 e. The van der Waals surface area contributed by atoms with E-state index in [1.165, 1.54) is 23.6 Å². The van der Waals surface area contributed by atoms with Crippen molar-refractivity contribution in [1.82, 2.24) is 10.2 Å². The van der Waals surface area contributed by atoms with Gasteiger partial charge in [-0.3, -0.25) is 14.4 Å². The average Bonchev–Trinajstić information content (AvgIpc) is 2.96. The lowest BCUT2D eigenvalue weighted by Gasteiger charge is -2.24. The molecule has 0 aliphatic carbocycles. The van der Waals surface area contributed by atoms with Crippen molar-refractivity contribution in [3.05, 3.63) is 35.9 Å². The van der Waals surface area contributed by atoms with E-state index in [0.29, 0.717) is 17.2 Å². The van der Waals surface area contributed by atoms with Crippen LogP contribution in [-0.4, -0.2) is 51.5 Å². The lowest BCUT2D eigenvalue weighted by molar-refractivity contribution is -0.141. The molecule has 1 aromatic rings. The molecule has 1 heterocycles. The second-order valence-electron chi connectivity index (χ2n) is 4.73. The molecule has 2 rings (SSSR count). The highest BCUT2D eigenvalue weighted by Crippen LogP contribution is 2.23. The molecule has 0 spiro atoms. The Labute approximate surface area is 126 Å². The van der Waals surface area contributed by atoms with Crippen LogP contribution in [0.3, 0.4) is 0 Å². The van der Waals surface area contributed by atoms with Crippen LogP contribution in [-0.2, 0) is 9.59 Å². The number of hydrogen-bond acceptors (Lipinski definition) is 4. The molecule has 7 heteroatoms. The normalized spacial score (nSPS) is 19.1. The average molecular weight is 308 g/mol. The lowest BCUT2D eigenvalue weighted by atomic mass is 10.1. The summed E-state index contributed by atoms with van der Waals surface area (Å²) in [7, 11) is 0. The van der Waals surface area contributed by atoms with Crippen molar-refractivity contribution in [2.75, 3.05) is 11.6 Å². The van der Waals surface area contributed by atoms with E-state index in [1.807, 2.05) is 6.07 Å². The number of hydrogen-bond donors (Lipinski definition) is 2. The second kappa shape index (κ2) is 6.62. The summed E-state index contributed by atoms with van der Waals surface area (Å²) < 4.78 is 0. The highest BCUT2D eigenvalue weighted by molar-refractivity contribution is 7.99. The fourth-order valence-corrected chi connectivity index (χ4v) is 3.13. The molecule has 1 saturated heterocycles. The number of benzene rings is 1. The first-order valence-corrected chi connectivity index (χ1v) is 7.63. The van der Waals surface area contributed by atoms with Gasteiger partial charge < -0.3 is 15.3 Å². The molecular formula is C14H16N2O4S. The molecular weight excluding hydrogens is 292 g/mol. The number of carboxylic acid groups (broad SMARTS) is 1. The Morgan fingerprint density at radius 1 is 1.33 bits per heavy atom. The summed E-state index contributed by atoms with van der Waals surface area (Å²) in [6.45, 7) is 1.39. The predicted molar refractivity (Wildman–Crippen MR) is 79.0 cm³/mol. The fourth-order valence-electron chi connectivity index (χ4n) is 1.98. The monoisotopic (exact) mass is 308 g/mol. The Hall–Kier alpha value is -2.02. The Bertz CT molecular complexity index is 549. The van der Waals surface area contributed by atoms with Crippen LogP contribution in [0.5, 0.6) is 0 Å². The molecule has 0 saturated carbocycles. The molecule has 1 aliphatic heterocycles. The van der Waals surface area contributed by atoms with Crippen molar-refractivity contribution in [3.8, 4) is 0 Å². The maximum Gasteiger partial charge on any atom is 0.325 e. The topological polar surface area (TPSA) is 86.7 Å². The summed E-state index contributed by atoms with van der Waals surface area (Å²) in [6, 6.07) is 7.12. The van der Waals surface area contributed by atoms with Crippen LogP contribution in [0, 0.1) is 0 Å². The number of amides is 2. The van der Waals surface area contributed by atoms with Gasteiger partial charge in [0.25, 0.3) is 5.91 Å². The van der Waals surface area contributed by atoms with E-state index in [2.05, 4.69) is 5.32 Å². The molecule has 2 atom stereocenters. The smallest absolute Gasteiger partial charge is 0.325 e. The van der Waals surface area contributed by atoms with Gasteiger partial charge in [-0.05, 0) is 19.1 Å². The predicted octanol–water partition coefficient (Wildman–Crippen LogP) is 0.791. The van der Waals surface area contributed by atoms with E-state index in [1.54, 1.807) is 24.3 Å². The van der Waals surface area contributed by atoms with Gasteiger partial charge in [-0.1, -0.05) is 18.2 Å². The van der Waals surface area contributed by atoms with Crippen molar-refractivity contribution in [3.63, 3.8) is 0 Å². The molecule has 0 aromatic heterocycles. The van der Waals surface area contributed by atoms with Gasteiger partial charge in [0.1, 0.15) is 12.1 Å². The van der Waals surface area contributed by atoms with Crippen LogP contribution in [0.2, 0.25) is 0 Å². The number of nitrogens with one attached hydrogen (secondary N) is 1. The molecule has 0 radical (unpaired) electrons. The van der Waals surface area contributed by atoms with Gasteiger partial charge in [-0.15, -0.1) is 11.8 Å². The third-order valence-corrected chi connectivity index (χ3v) is 4.21. The SMILES string of the molecule is C[C@@H](NC(=O)C1CSCN1C(=O)c1ccccc1)C(=O)O. The molecule has 21 heavy (non-hydrogen) atoms. The van der Waals surface area contributed by atoms with E-state index in [4.69, 9.17) is 5.11 Å². The van der Waals surface area contributed by atoms with Crippen LogP contribution in [0.25, 0.3) is 0 Å². The molecule has 2 N–H and O–H groups in total. The van der Waals surface area contributed by atoms with Crippen LogP contribution < -0.4 is 5.32 Å². The van der Waals surface area contributed by atoms with E-state index in [0.717, 1.165) is 0 Å². The summed E-state index contributed by atoms with van der Waals surface area (Å²) in [5.74, 6) is -0.859. The van der Waals surface area contributed by atoms with E-state index >= 15 is 0 Å². The summed E-state index contributed by atoms with van der Waals surface area (Å²) in [5.41, 5.74) is 0.518. The Morgan fingerprint density at radius 2 is 2.00 bits per heavy atom. The molecule has 1 unspecified atom stereocenters. The lowest BCUT2D eigenvalue weighted by Crippen LogP contribution is -2.51. The molecule has 112 valence electrons. The molecule has 2 amide bonds. The zero-order valence-corrected chi connectivity index (χ0v) is 12.3. The number of rotatable bonds is 4. The van der Waals surface area contributed by atoms with Gasteiger partial charge in [0.2, 0.25) is 5.91 Å². The van der Waals surface area contributed by atoms with E-state index in [9.17, 15) is 14.4 Å². The van der Waals surface area contributed by atoms with Crippen LogP contribution in [0.15, 0.2) is 30.3 Å². The van der Waals surface area contributed by atoms with Crippen molar-refractivity contribution < 1.29 is 19.5 Å². The summed E-state index contributed by atoms with van der Waals surface area (Å²) in [6.07, 6.45) is 0. The van der Waals surface area contributed by atoms with Gasteiger partial charge >= 0.3 is 5.97 Å². The standard InChI is InChI=1S/C14H16N2O4S/c1-9(14(19)20)15-12(17)11-7-21-8-16(11)13(18)10-5-3-2-4-6-10/h2-6,9,11H,7-8H2,1H3,(H,15,17)(H,19,20)/t9-,11?/m1/s1. The molecule has 6 nitrogen and oxygen atoms in total. The maximum absolute atomic E-state index is 12.4. The Balaban J connectivity index is 2.08. The minimum absolute atomic E-state index is 0.219. The summed E-state index contributed by atoms with van der Waals surface area (Å²) >= 11 is 1.47. The first-order chi connectivity index (χ1) is 10.0. The zero-order valence-electron chi connectivity index (χ0n) is 11.5. The minimum atomic E-state index is -1.10. The molecule has 1 fully saturated rings. The number of nitrogens with zero attached hydrogens (tertiary/aromatic N) is 1. The van der Waals surface area contributed by atoms with Crippen LogP contribution >= 0.6 is 11.8 Å². The summed E-state index contributed by atoms with van der Waals surface area (Å²) in [5, 5.41) is 11.2. The Morgan fingerprint density at radius 3 is 2.62 bits per heavy atom. The highest BCUT2D eigenvalue weighted by atomic mass is 32.2. The maximum atomic E-state index is 12.4. The number of carbonyl (C=O) groups excluding carboxylic acids is 2. The van der Waals surface area contributed by atoms with Crippen molar-refractivity contribution in [1.29, 1.82) is 0 Å².